The van der Waals surface area contributed by atoms with E-state index >= 15 is 0 Å². The van der Waals surface area contributed by atoms with Crippen molar-refractivity contribution < 1.29 is 4.79 Å². The van der Waals surface area contributed by atoms with Gasteiger partial charge in [-0.05, 0) is 51.3 Å². The molecule has 1 N–H and O–H groups in total. The lowest BCUT2D eigenvalue weighted by Gasteiger charge is -2.24. The van der Waals surface area contributed by atoms with Gasteiger partial charge in [0, 0.05) is 18.8 Å². The van der Waals surface area contributed by atoms with Crippen LogP contribution in [0.15, 0.2) is 24.3 Å². The van der Waals surface area contributed by atoms with Crippen LogP contribution in [0.25, 0.3) is 0 Å². The number of rotatable bonds is 9. The lowest BCUT2D eigenvalue weighted by atomic mass is 10.1. The second-order valence-electron chi connectivity index (χ2n) is 5.53. The highest BCUT2D eigenvalue weighted by Crippen LogP contribution is 2.14. The van der Waals surface area contributed by atoms with E-state index in [1.165, 1.54) is 24.8 Å². The number of unbranched alkanes of at least 4 members (excludes halogenated alkanes) is 2. The second-order valence-corrected chi connectivity index (χ2v) is 5.53. The smallest absolute Gasteiger partial charge is 0.244 e. The summed E-state index contributed by atoms with van der Waals surface area (Å²) in [6.07, 6.45) is 4.93. The monoisotopic (exact) mass is 290 g/mol. The summed E-state index contributed by atoms with van der Waals surface area (Å²) in [6, 6.07) is 8.29. The highest BCUT2D eigenvalue weighted by molar-refractivity contribution is 5.84. The molecule has 1 unspecified atom stereocenters. The summed E-state index contributed by atoms with van der Waals surface area (Å²) in [5.41, 5.74) is 2.39. The van der Waals surface area contributed by atoms with Crippen LogP contribution in [0.3, 0.4) is 0 Å². The van der Waals surface area contributed by atoms with E-state index in [9.17, 15) is 4.79 Å². The molecule has 0 aromatic heterocycles. The summed E-state index contributed by atoms with van der Waals surface area (Å²) in [5.74, 6) is 0.159. The fourth-order valence-corrected chi connectivity index (χ4v) is 2.47. The van der Waals surface area contributed by atoms with Crippen LogP contribution in [0.2, 0.25) is 0 Å². The van der Waals surface area contributed by atoms with E-state index < -0.39 is 0 Å². The minimum atomic E-state index is -0.184. The molecule has 3 nitrogen and oxygen atoms in total. The standard InChI is InChI=1S/C18H30N2O/c1-5-8-9-10-16-11-13-17(14-12-16)19-15(4)18(21)20(6-2)7-3/h11-15,19H,5-10H2,1-4H3. The molecule has 0 aliphatic carbocycles. The number of amides is 1. The fraction of sp³-hybridized carbons (Fsp3) is 0.611. The highest BCUT2D eigenvalue weighted by Gasteiger charge is 2.17. The maximum atomic E-state index is 12.2. The van der Waals surface area contributed by atoms with Crippen molar-refractivity contribution in [2.24, 2.45) is 0 Å². The molecule has 0 fully saturated rings. The molecule has 1 amide bonds. The third-order valence-electron chi connectivity index (χ3n) is 3.85. The molecule has 0 heterocycles. The topological polar surface area (TPSA) is 32.3 Å². The van der Waals surface area contributed by atoms with Crippen LogP contribution in [-0.4, -0.2) is 29.9 Å². The normalized spacial score (nSPS) is 12.0. The third kappa shape index (κ3) is 5.78. The van der Waals surface area contributed by atoms with E-state index in [0.717, 1.165) is 25.2 Å². The van der Waals surface area contributed by atoms with Crippen molar-refractivity contribution >= 4 is 11.6 Å². The summed E-state index contributed by atoms with van der Waals surface area (Å²) >= 11 is 0. The van der Waals surface area contributed by atoms with Crippen molar-refractivity contribution in [2.75, 3.05) is 18.4 Å². The largest absolute Gasteiger partial charge is 0.374 e. The van der Waals surface area contributed by atoms with E-state index in [1.807, 2.05) is 25.7 Å². The summed E-state index contributed by atoms with van der Waals surface area (Å²) in [4.78, 5) is 14.1. The van der Waals surface area contributed by atoms with Crippen LogP contribution in [-0.2, 0) is 11.2 Å². The molecule has 21 heavy (non-hydrogen) atoms. The predicted molar refractivity (Wildman–Crippen MR) is 90.7 cm³/mol. The number of anilines is 1. The Morgan fingerprint density at radius 1 is 1.10 bits per heavy atom. The average molecular weight is 290 g/mol. The van der Waals surface area contributed by atoms with E-state index in [4.69, 9.17) is 0 Å². The van der Waals surface area contributed by atoms with Crippen molar-refractivity contribution in [1.29, 1.82) is 0 Å². The van der Waals surface area contributed by atoms with Gasteiger partial charge in [0.05, 0.1) is 0 Å². The van der Waals surface area contributed by atoms with E-state index in [1.54, 1.807) is 0 Å². The first-order valence-electron chi connectivity index (χ1n) is 8.26. The number of carbonyl (C=O) groups excluding carboxylic acids is 1. The van der Waals surface area contributed by atoms with Crippen LogP contribution in [0.4, 0.5) is 5.69 Å². The van der Waals surface area contributed by atoms with Crippen LogP contribution in [0, 0.1) is 0 Å². The number of likely N-dealkylation sites (N-methyl/N-ethyl adjacent to an activating group) is 1. The van der Waals surface area contributed by atoms with Gasteiger partial charge in [-0.15, -0.1) is 0 Å². The lowest BCUT2D eigenvalue weighted by molar-refractivity contribution is -0.131. The molecule has 118 valence electrons. The second kappa shape index (κ2) is 9.43. The van der Waals surface area contributed by atoms with Gasteiger partial charge in [0.1, 0.15) is 6.04 Å². The van der Waals surface area contributed by atoms with Gasteiger partial charge < -0.3 is 10.2 Å². The average Bonchev–Trinajstić information content (AvgIpc) is 2.50. The first kappa shape index (κ1) is 17.5. The van der Waals surface area contributed by atoms with Gasteiger partial charge in [-0.1, -0.05) is 31.9 Å². The maximum absolute atomic E-state index is 12.2. The summed E-state index contributed by atoms with van der Waals surface area (Å²) in [7, 11) is 0. The first-order valence-corrected chi connectivity index (χ1v) is 8.26. The molecular formula is C18H30N2O. The van der Waals surface area contributed by atoms with Gasteiger partial charge in [-0.2, -0.15) is 0 Å². The lowest BCUT2D eigenvalue weighted by Crippen LogP contribution is -2.41. The number of nitrogens with one attached hydrogen (secondary N) is 1. The quantitative estimate of drug-likeness (QED) is 0.695. The highest BCUT2D eigenvalue weighted by atomic mass is 16.2. The first-order chi connectivity index (χ1) is 10.1. The zero-order chi connectivity index (χ0) is 15.7. The zero-order valence-electron chi connectivity index (χ0n) is 14.0. The molecule has 1 atom stereocenters. The summed E-state index contributed by atoms with van der Waals surface area (Å²) in [5, 5.41) is 3.29. The van der Waals surface area contributed by atoms with Crippen LogP contribution >= 0.6 is 0 Å². The van der Waals surface area contributed by atoms with Gasteiger partial charge in [0.25, 0.3) is 0 Å². The molecule has 1 aromatic carbocycles. The predicted octanol–water partition coefficient (Wildman–Crippen LogP) is 4.09. The van der Waals surface area contributed by atoms with Gasteiger partial charge in [-0.25, -0.2) is 0 Å². The Labute approximate surface area is 129 Å². The molecule has 0 bridgehead atoms. The zero-order valence-corrected chi connectivity index (χ0v) is 14.0. The Hall–Kier alpha value is -1.51. The molecule has 3 heteroatoms. The van der Waals surface area contributed by atoms with Crippen LogP contribution in [0.1, 0.15) is 52.5 Å². The van der Waals surface area contributed by atoms with Crippen molar-refractivity contribution in [3.63, 3.8) is 0 Å². The SMILES string of the molecule is CCCCCc1ccc(NC(C)C(=O)N(CC)CC)cc1. The molecule has 0 spiro atoms. The van der Waals surface area contributed by atoms with Crippen molar-refractivity contribution in [1.82, 2.24) is 4.90 Å². The van der Waals surface area contributed by atoms with Crippen molar-refractivity contribution in [3.05, 3.63) is 29.8 Å². The van der Waals surface area contributed by atoms with E-state index in [-0.39, 0.29) is 11.9 Å². The van der Waals surface area contributed by atoms with E-state index in [0.29, 0.717) is 0 Å². The van der Waals surface area contributed by atoms with Gasteiger partial charge in [0.15, 0.2) is 0 Å². The molecule has 0 saturated heterocycles. The van der Waals surface area contributed by atoms with Gasteiger partial charge in [-0.3, -0.25) is 4.79 Å². The number of hydrogen-bond acceptors (Lipinski definition) is 2. The van der Waals surface area contributed by atoms with E-state index in [2.05, 4.69) is 36.5 Å². The molecule has 0 radical (unpaired) electrons. The number of aryl methyl sites for hydroxylation is 1. The van der Waals surface area contributed by atoms with Crippen LogP contribution < -0.4 is 5.32 Å². The number of hydrogen-bond donors (Lipinski definition) is 1. The number of carbonyl (C=O) groups is 1. The molecule has 1 rings (SSSR count). The minimum absolute atomic E-state index is 0.159. The Morgan fingerprint density at radius 2 is 1.71 bits per heavy atom. The molecule has 0 aliphatic rings. The summed E-state index contributed by atoms with van der Waals surface area (Å²) in [6.45, 7) is 9.70. The number of nitrogens with zero attached hydrogens (tertiary/aromatic N) is 1. The molecule has 0 saturated carbocycles. The van der Waals surface area contributed by atoms with Gasteiger partial charge >= 0.3 is 0 Å². The van der Waals surface area contributed by atoms with Crippen molar-refractivity contribution in [3.8, 4) is 0 Å². The van der Waals surface area contributed by atoms with Crippen molar-refractivity contribution in [2.45, 2.75) is 59.4 Å². The Bertz CT molecular complexity index is 410. The van der Waals surface area contributed by atoms with Gasteiger partial charge in [0.2, 0.25) is 5.91 Å². The maximum Gasteiger partial charge on any atom is 0.244 e. The Kier molecular flexibility index (Phi) is 7.88. The number of benzene rings is 1. The van der Waals surface area contributed by atoms with Crippen LogP contribution in [0.5, 0.6) is 0 Å². The third-order valence-corrected chi connectivity index (χ3v) is 3.85. The Morgan fingerprint density at radius 3 is 2.24 bits per heavy atom. The molecular weight excluding hydrogens is 260 g/mol. The molecule has 0 aliphatic heterocycles. The minimum Gasteiger partial charge on any atom is -0.374 e. The fourth-order valence-electron chi connectivity index (χ4n) is 2.47. The Balaban J connectivity index is 2.52. The molecule has 1 aromatic rings. The summed E-state index contributed by atoms with van der Waals surface area (Å²) < 4.78 is 0.